The Balaban J connectivity index is 1.17. The van der Waals surface area contributed by atoms with Gasteiger partial charge < -0.3 is 8.98 Å². The predicted octanol–water partition coefficient (Wildman–Crippen LogP) is 14.8. The fourth-order valence-electron chi connectivity index (χ4n) is 9.93. The van der Waals surface area contributed by atoms with E-state index in [2.05, 4.69) is 185 Å². The van der Waals surface area contributed by atoms with Gasteiger partial charge >= 0.3 is 0 Å². The molecule has 0 N–H and O–H groups in total. The molecular formula is C55H31N5OS. The molecule has 0 aliphatic rings. The van der Waals surface area contributed by atoms with Gasteiger partial charge in [-0.15, -0.1) is 11.3 Å². The van der Waals surface area contributed by atoms with Crippen molar-refractivity contribution in [3.8, 4) is 34.4 Å². The van der Waals surface area contributed by atoms with Crippen LogP contribution in [0.2, 0.25) is 0 Å². The average molecular weight is 810 g/mol. The van der Waals surface area contributed by atoms with Crippen LogP contribution in [0.5, 0.6) is 0 Å². The quantitative estimate of drug-likeness (QED) is 0.178. The first-order valence-corrected chi connectivity index (χ1v) is 21.6. The van der Waals surface area contributed by atoms with Gasteiger partial charge in [-0.3, -0.25) is 4.57 Å². The van der Waals surface area contributed by atoms with Gasteiger partial charge in [0.2, 0.25) is 5.95 Å². The second-order valence-electron chi connectivity index (χ2n) is 15.9. The summed E-state index contributed by atoms with van der Waals surface area (Å²) in [7, 11) is 0. The molecule has 9 aromatic carbocycles. The standard InChI is InChI=1S/C55H31N5OS/c1-2-15-33-31-45-40(30-32(33)14-1)36-18-5-8-22-41(36)59(45)44-28-29-47-51(37-19-6-11-25-46(37)61-47)52(44)54-56-53(39-21-13-27-49-50(39)38-20-7-12-26-48(38)62-49)57-55(58-54)60-42-23-9-3-16-34(42)35-17-4-10-24-43(35)60/h1-31H. The Bertz CT molecular complexity index is 4130. The Kier molecular flexibility index (Phi) is 6.89. The predicted molar refractivity (Wildman–Crippen MR) is 257 cm³/mol. The van der Waals surface area contributed by atoms with E-state index in [1.54, 1.807) is 11.3 Å². The second-order valence-corrected chi connectivity index (χ2v) is 17.0. The molecule has 5 aromatic heterocycles. The molecule has 0 atom stereocenters. The van der Waals surface area contributed by atoms with Crippen LogP contribution in [0.25, 0.3) is 131 Å². The third-order valence-electron chi connectivity index (χ3n) is 12.6. The molecule has 0 unspecified atom stereocenters. The first-order chi connectivity index (χ1) is 30.7. The maximum absolute atomic E-state index is 6.66. The van der Waals surface area contributed by atoms with Crippen LogP contribution in [0.1, 0.15) is 0 Å². The maximum atomic E-state index is 6.66. The molecule has 62 heavy (non-hydrogen) atoms. The molecular weight excluding hydrogens is 779 g/mol. The molecule has 14 rings (SSSR count). The first kappa shape index (κ1) is 33.7. The molecule has 7 heteroatoms. The Morgan fingerprint density at radius 1 is 0.387 bits per heavy atom. The molecule has 0 saturated carbocycles. The van der Waals surface area contributed by atoms with E-state index in [-0.39, 0.29) is 0 Å². The largest absolute Gasteiger partial charge is 0.456 e. The summed E-state index contributed by atoms with van der Waals surface area (Å²) in [5, 5.41) is 11.3. The van der Waals surface area contributed by atoms with Crippen molar-refractivity contribution in [1.82, 2.24) is 24.1 Å². The number of furan rings is 1. The molecule has 0 radical (unpaired) electrons. The number of para-hydroxylation sites is 4. The number of thiophene rings is 1. The first-order valence-electron chi connectivity index (χ1n) is 20.8. The summed E-state index contributed by atoms with van der Waals surface area (Å²) >= 11 is 1.79. The molecule has 0 aliphatic heterocycles. The zero-order valence-electron chi connectivity index (χ0n) is 33.0. The van der Waals surface area contributed by atoms with E-state index in [0.29, 0.717) is 17.6 Å². The minimum absolute atomic E-state index is 0.544. The number of fused-ring (bicyclic) bond motifs is 13. The third-order valence-corrected chi connectivity index (χ3v) is 13.7. The Hall–Kier alpha value is -8.13. The van der Waals surface area contributed by atoms with Crippen LogP contribution in [0.4, 0.5) is 0 Å². The summed E-state index contributed by atoms with van der Waals surface area (Å²) in [6, 6.07) is 66.6. The number of hydrogen-bond donors (Lipinski definition) is 0. The fraction of sp³-hybridized carbons (Fsp3) is 0. The van der Waals surface area contributed by atoms with Crippen LogP contribution in [0.15, 0.2) is 192 Å². The topological polar surface area (TPSA) is 61.7 Å². The molecule has 0 spiro atoms. The lowest BCUT2D eigenvalue weighted by Gasteiger charge is -2.16. The normalized spacial score (nSPS) is 12.2. The molecule has 0 aliphatic carbocycles. The van der Waals surface area contributed by atoms with Crippen molar-refractivity contribution in [1.29, 1.82) is 0 Å². The number of rotatable bonds is 4. The summed E-state index contributed by atoms with van der Waals surface area (Å²) in [4.78, 5) is 16.7. The van der Waals surface area contributed by atoms with Crippen molar-refractivity contribution < 1.29 is 4.42 Å². The zero-order valence-corrected chi connectivity index (χ0v) is 33.8. The van der Waals surface area contributed by atoms with Crippen molar-refractivity contribution in [2.45, 2.75) is 0 Å². The lowest BCUT2D eigenvalue weighted by molar-refractivity contribution is 0.669. The van der Waals surface area contributed by atoms with Gasteiger partial charge in [-0.05, 0) is 71.4 Å². The molecule has 6 nitrogen and oxygen atoms in total. The third kappa shape index (κ3) is 4.71. The smallest absolute Gasteiger partial charge is 0.238 e. The van der Waals surface area contributed by atoms with E-state index >= 15 is 0 Å². The summed E-state index contributed by atoms with van der Waals surface area (Å²) < 4.78 is 13.7. The minimum Gasteiger partial charge on any atom is -0.456 e. The van der Waals surface area contributed by atoms with Crippen LogP contribution in [0.3, 0.4) is 0 Å². The Morgan fingerprint density at radius 2 is 0.984 bits per heavy atom. The van der Waals surface area contributed by atoms with Gasteiger partial charge in [-0.2, -0.15) is 9.97 Å². The zero-order chi connectivity index (χ0) is 40.5. The van der Waals surface area contributed by atoms with E-state index < -0.39 is 0 Å². The van der Waals surface area contributed by atoms with Crippen molar-refractivity contribution in [3.63, 3.8) is 0 Å². The van der Waals surface area contributed by atoms with Gasteiger partial charge in [0.1, 0.15) is 11.2 Å². The SMILES string of the molecule is c1ccc2cc3c(cc2c1)c1ccccc1n3-c1ccc2oc3ccccc3c2c1-c1nc(-c2cccc3sc4ccccc4c23)nc(-n2c3ccccc3c3ccccc32)n1. The number of aromatic nitrogens is 5. The summed E-state index contributed by atoms with van der Waals surface area (Å²) in [5.74, 6) is 1.70. The molecule has 14 aromatic rings. The number of hydrogen-bond acceptors (Lipinski definition) is 5. The summed E-state index contributed by atoms with van der Waals surface area (Å²) in [6.45, 7) is 0. The van der Waals surface area contributed by atoms with Crippen LogP contribution in [-0.2, 0) is 0 Å². The van der Waals surface area contributed by atoms with Gasteiger partial charge in [0.15, 0.2) is 11.6 Å². The van der Waals surface area contributed by atoms with Crippen LogP contribution in [0, 0.1) is 0 Å². The maximum Gasteiger partial charge on any atom is 0.238 e. The molecule has 0 amide bonds. The number of nitrogens with zero attached hydrogens (tertiary/aromatic N) is 5. The lowest BCUT2D eigenvalue weighted by Crippen LogP contribution is -2.08. The van der Waals surface area contributed by atoms with Crippen LogP contribution < -0.4 is 0 Å². The van der Waals surface area contributed by atoms with Gasteiger partial charge in [-0.1, -0.05) is 127 Å². The Labute approximate surface area is 357 Å². The fourth-order valence-corrected chi connectivity index (χ4v) is 11.1. The lowest BCUT2D eigenvalue weighted by atomic mass is 10.0. The van der Waals surface area contributed by atoms with Gasteiger partial charge in [0.25, 0.3) is 0 Å². The second kappa shape index (κ2) is 12.7. The summed E-state index contributed by atoms with van der Waals surface area (Å²) in [6.07, 6.45) is 0. The monoisotopic (exact) mass is 809 g/mol. The van der Waals surface area contributed by atoms with E-state index in [9.17, 15) is 0 Å². The van der Waals surface area contributed by atoms with E-state index in [1.165, 1.54) is 36.3 Å². The van der Waals surface area contributed by atoms with Gasteiger partial charge in [0, 0.05) is 58.1 Å². The molecule has 0 bridgehead atoms. The average Bonchev–Trinajstić information content (AvgIpc) is 4.08. The molecule has 0 fully saturated rings. The van der Waals surface area contributed by atoms with Crippen molar-refractivity contribution >= 4 is 108 Å². The highest BCUT2D eigenvalue weighted by molar-refractivity contribution is 7.25. The summed E-state index contributed by atoms with van der Waals surface area (Å²) in [5.41, 5.74) is 8.60. The highest BCUT2D eigenvalue weighted by Crippen LogP contribution is 2.45. The highest BCUT2D eigenvalue weighted by Gasteiger charge is 2.26. The van der Waals surface area contributed by atoms with Crippen LogP contribution >= 0.6 is 11.3 Å². The van der Waals surface area contributed by atoms with E-state index in [4.69, 9.17) is 19.4 Å². The Morgan fingerprint density at radius 3 is 1.76 bits per heavy atom. The van der Waals surface area contributed by atoms with E-state index in [0.717, 1.165) is 77.0 Å². The van der Waals surface area contributed by atoms with Crippen LogP contribution in [-0.4, -0.2) is 24.1 Å². The van der Waals surface area contributed by atoms with E-state index in [1.807, 2.05) is 12.1 Å². The molecule has 0 saturated heterocycles. The number of benzene rings is 9. The highest BCUT2D eigenvalue weighted by atomic mass is 32.1. The van der Waals surface area contributed by atoms with Crippen molar-refractivity contribution in [2.75, 3.05) is 0 Å². The minimum atomic E-state index is 0.544. The van der Waals surface area contributed by atoms with Gasteiger partial charge in [0.05, 0.1) is 33.3 Å². The van der Waals surface area contributed by atoms with Crippen molar-refractivity contribution in [2.24, 2.45) is 0 Å². The van der Waals surface area contributed by atoms with Crippen molar-refractivity contribution in [3.05, 3.63) is 188 Å². The van der Waals surface area contributed by atoms with Gasteiger partial charge in [-0.25, -0.2) is 4.98 Å². The molecule has 5 heterocycles. The molecule has 288 valence electrons.